The molecule has 1 atom stereocenters. The van der Waals surface area contributed by atoms with Crippen LogP contribution in [0.25, 0.3) is 5.76 Å². The fourth-order valence-electron chi connectivity index (χ4n) is 4.21. The summed E-state index contributed by atoms with van der Waals surface area (Å²) < 4.78 is 6.62. The number of aromatic amines is 1. The maximum absolute atomic E-state index is 13.8. The van der Waals surface area contributed by atoms with E-state index in [1.807, 2.05) is 43.3 Å². The van der Waals surface area contributed by atoms with E-state index in [0.29, 0.717) is 29.0 Å². The van der Waals surface area contributed by atoms with Crippen molar-refractivity contribution in [2.75, 3.05) is 6.61 Å². The third-order valence-corrected chi connectivity index (χ3v) is 6.58. The number of H-pyrrole nitrogens is 1. The molecule has 180 valence electrons. The molecule has 1 amide bonds. The van der Waals surface area contributed by atoms with Crippen molar-refractivity contribution in [3.8, 4) is 5.75 Å². The number of ketones is 1. The number of amides is 1. The number of ether oxygens (including phenoxy) is 1. The number of nitrogens with zero attached hydrogens (tertiary/aromatic N) is 1. The normalized spacial score (nSPS) is 17.1. The van der Waals surface area contributed by atoms with Gasteiger partial charge in [-0.05, 0) is 60.4 Å². The minimum atomic E-state index is -0.782. The Labute approximate surface area is 213 Å². The van der Waals surface area contributed by atoms with Gasteiger partial charge in [-0.2, -0.15) is 0 Å². The Bertz CT molecular complexity index is 1260. The summed E-state index contributed by atoms with van der Waals surface area (Å²) in [5, 5.41) is 13.8. The third kappa shape index (κ3) is 5.30. The predicted molar refractivity (Wildman–Crippen MR) is 134 cm³/mol. The molecule has 1 aromatic heterocycles. The molecule has 0 saturated carbocycles. The second-order valence-corrected chi connectivity index (χ2v) is 9.47. The Morgan fingerprint density at radius 1 is 1.14 bits per heavy atom. The number of hydrogen-bond acceptors (Lipinski definition) is 4. The number of unbranched alkanes of at least 4 members (excludes halogenated alkanes) is 1. The second-order valence-electron chi connectivity index (χ2n) is 8.55. The molecule has 2 aromatic carbocycles. The monoisotopic (exact) mass is 534 g/mol. The van der Waals surface area contributed by atoms with Gasteiger partial charge >= 0.3 is 0 Å². The summed E-state index contributed by atoms with van der Waals surface area (Å²) in [6, 6.07) is 15.5. The lowest BCUT2D eigenvalue weighted by molar-refractivity contribution is -0.378. The highest BCUT2D eigenvalue weighted by atomic mass is 79.9. The van der Waals surface area contributed by atoms with Crippen LogP contribution in [0.4, 0.5) is 0 Å². The number of halogens is 1. The van der Waals surface area contributed by atoms with Crippen LogP contribution in [-0.4, -0.2) is 23.2 Å². The van der Waals surface area contributed by atoms with E-state index in [1.165, 1.54) is 4.90 Å². The van der Waals surface area contributed by atoms with Gasteiger partial charge in [-0.25, -0.2) is 4.98 Å². The summed E-state index contributed by atoms with van der Waals surface area (Å²) in [7, 11) is 0. The fourth-order valence-corrected chi connectivity index (χ4v) is 4.48. The molecule has 1 aliphatic rings. The quantitative estimate of drug-likeness (QED) is 0.188. The zero-order valence-corrected chi connectivity index (χ0v) is 21.3. The number of aryl methyl sites for hydroxylation is 1. The first kappa shape index (κ1) is 24.7. The van der Waals surface area contributed by atoms with E-state index in [0.717, 1.165) is 22.9 Å². The number of benzene rings is 2. The first-order chi connectivity index (χ1) is 16.9. The maximum atomic E-state index is 13.8. The highest BCUT2D eigenvalue weighted by Crippen LogP contribution is 2.40. The van der Waals surface area contributed by atoms with Gasteiger partial charge in [0.05, 0.1) is 19.2 Å². The molecule has 0 bridgehead atoms. The Morgan fingerprint density at radius 3 is 2.57 bits per heavy atom. The highest BCUT2D eigenvalue weighted by molar-refractivity contribution is 9.10. The molecule has 1 unspecified atom stereocenters. The van der Waals surface area contributed by atoms with E-state index < -0.39 is 23.5 Å². The second kappa shape index (κ2) is 10.9. The third-order valence-electron chi connectivity index (χ3n) is 6.05. The number of aromatic nitrogens is 1. The van der Waals surface area contributed by atoms with Crippen molar-refractivity contribution in [2.45, 2.75) is 39.3 Å². The van der Waals surface area contributed by atoms with E-state index in [4.69, 9.17) is 4.74 Å². The molecule has 1 N–H and O–H groups in total. The molecule has 6 nitrogen and oxygen atoms in total. The van der Waals surface area contributed by atoms with Gasteiger partial charge < -0.3 is 14.7 Å². The Hall–Kier alpha value is -3.45. The van der Waals surface area contributed by atoms with Gasteiger partial charge in [0.25, 0.3) is 5.91 Å². The first-order valence-corrected chi connectivity index (χ1v) is 12.4. The van der Waals surface area contributed by atoms with E-state index in [-0.39, 0.29) is 12.1 Å². The highest BCUT2D eigenvalue weighted by Gasteiger charge is 2.44. The zero-order valence-electron chi connectivity index (χ0n) is 19.7. The van der Waals surface area contributed by atoms with Crippen LogP contribution in [0, 0.1) is 6.92 Å². The number of hydrogen-bond donors (Lipinski definition) is 0. The number of likely N-dealkylation sites (tertiary alicyclic amines) is 1. The van der Waals surface area contributed by atoms with Gasteiger partial charge in [0.2, 0.25) is 5.78 Å². The number of nitrogens with one attached hydrogen (secondary N) is 1. The smallest absolute Gasteiger partial charge is 0.295 e. The molecule has 3 aromatic rings. The first-order valence-electron chi connectivity index (χ1n) is 11.6. The summed E-state index contributed by atoms with van der Waals surface area (Å²) in [5.41, 5.74) is 2.59. The van der Waals surface area contributed by atoms with Crippen LogP contribution in [0.2, 0.25) is 0 Å². The summed E-state index contributed by atoms with van der Waals surface area (Å²) >= 11 is 3.43. The van der Waals surface area contributed by atoms with Crippen molar-refractivity contribution in [2.24, 2.45) is 0 Å². The van der Waals surface area contributed by atoms with Crippen molar-refractivity contribution in [3.63, 3.8) is 0 Å². The Morgan fingerprint density at radius 2 is 1.91 bits per heavy atom. The van der Waals surface area contributed by atoms with Gasteiger partial charge in [-0.1, -0.05) is 53.2 Å². The molecular formula is C28H27BrN2O4. The van der Waals surface area contributed by atoms with Gasteiger partial charge in [0.15, 0.2) is 12.4 Å². The number of Topliss-reactive ketones (excluding diaryl/α,β-unsaturated/α-hetero) is 1. The SMILES string of the molecule is CCCCOc1ccc(C([O-])=C2C(=O)C(=O)N(Cc3ccc[nH+]c3)C2c2ccc(Br)cc2)c(C)c1. The number of pyridine rings is 1. The van der Waals surface area contributed by atoms with Gasteiger partial charge in [-0.15, -0.1) is 0 Å². The Balaban J connectivity index is 1.78. The Kier molecular flexibility index (Phi) is 7.66. The van der Waals surface area contributed by atoms with E-state index in [1.54, 1.807) is 30.6 Å². The molecule has 1 saturated heterocycles. The molecule has 2 heterocycles. The lowest BCUT2D eigenvalue weighted by Gasteiger charge is -2.28. The van der Waals surface area contributed by atoms with Gasteiger partial charge in [-0.3, -0.25) is 9.59 Å². The maximum Gasteiger partial charge on any atom is 0.295 e. The molecule has 7 heteroatoms. The van der Waals surface area contributed by atoms with Crippen LogP contribution in [0.15, 0.2) is 77.0 Å². The average Bonchev–Trinajstić information content (AvgIpc) is 3.10. The van der Waals surface area contributed by atoms with Crippen LogP contribution in [0.1, 0.15) is 48.1 Å². The van der Waals surface area contributed by atoms with Gasteiger partial charge in [0, 0.05) is 21.7 Å². The van der Waals surface area contributed by atoms with E-state index >= 15 is 0 Å². The van der Waals surface area contributed by atoms with Crippen LogP contribution in [-0.2, 0) is 16.1 Å². The number of carbonyl (C=O) groups excluding carboxylic acids is 2. The largest absolute Gasteiger partial charge is 0.872 e. The fraction of sp³-hybridized carbons (Fsp3) is 0.250. The van der Waals surface area contributed by atoms with Crippen LogP contribution >= 0.6 is 15.9 Å². The van der Waals surface area contributed by atoms with Crippen LogP contribution < -0.4 is 14.8 Å². The topological polar surface area (TPSA) is 83.8 Å². The van der Waals surface area contributed by atoms with Crippen LogP contribution in [0.3, 0.4) is 0 Å². The molecule has 4 rings (SSSR count). The van der Waals surface area contributed by atoms with E-state index in [2.05, 4.69) is 27.8 Å². The van der Waals surface area contributed by atoms with Crippen molar-refractivity contribution in [1.82, 2.24) is 4.90 Å². The molecule has 0 spiro atoms. The minimum Gasteiger partial charge on any atom is -0.872 e. The van der Waals surface area contributed by atoms with Crippen molar-refractivity contribution in [3.05, 3.63) is 99.3 Å². The zero-order chi connectivity index (χ0) is 24.9. The average molecular weight is 535 g/mol. The molecule has 0 radical (unpaired) electrons. The molecule has 0 aliphatic carbocycles. The summed E-state index contributed by atoms with van der Waals surface area (Å²) in [4.78, 5) is 30.9. The predicted octanol–water partition coefficient (Wildman–Crippen LogP) is 4.17. The number of carbonyl (C=O) groups is 2. The van der Waals surface area contributed by atoms with Crippen LogP contribution in [0.5, 0.6) is 5.75 Å². The van der Waals surface area contributed by atoms with Crippen molar-refractivity contribution in [1.29, 1.82) is 0 Å². The lowest BCUT2D eigenvalue weighted by atomic mass is 9.94. The summed E-state index contributed by atoms with van der Waals surface area (Å²) in [5.74, 6) is -1.19. The minimum absolute atomic E-state index is 0.0278. The molecule has 1 aliphatic heterocycles. The summed E-state index contributed by atoms with van der Waals surface area (Å²) in [6.07, 6.45) is 5.51. The van der Waals surface area contributed by atoms with Gasteiger partial charge in [0.1, 0.15) is 5.75 Å². The molecule has 35 heavy (non-hydrogen) atoms. The standard InChI is InChI=1S/C28H27BrN2O4/c1-3-4-14-35-22-11-12-23(18(2)15-22)26(32)24-25(20-7-9-21(29)10-8-20)31(28(34)27(24)33)17-19-6-5-13-30-16-19/h5-13,15-16,25,32H,3-4,14,17H2,1-2H3. The van der Waals surface area contributed by atoms with E-state index in [9.17, 15) is 14.7 Å². The van der Waals surface area contributed by atoms with Crippen molar-refractivity contribution >= 4 is 33.4 Å². The lowest BCUT2D eigenvalue weighted by Crippen LogP contribution is -2.29. The van der Waals surface area contributed by atoms with Crippen molar-refractivity contribution < 1.29 is 24.4 Å². The summed E-state index contributed by atoms with van der Waals surface area (Å²) in [6.45, 7) is 4.70. The number of rotatable bonds is 8. The molecular weight excluding hydrogens is 508 g/mol. The molecule has 1 fully saturated rings.